The van der Waals surface area contributed by atoms with Crippen molar-refractivity contribution in [3.63, 3.8) is 0 Å². The molecule has 2 amide bonds. The minimum Gasteiger partial charge on any atom is -0.491 e. The summed E-state index contributed by atoms with van der Waals surface area (Å²) in [5.74, 6) is -2.49. The van der Waals surface area contributed by atoms with E-state index in [0.29, 0.717) is 0 Å². The van der Waals surface area contributed by atoms with Gasteiger partial charge in [0.1, 0.15) is 17.3 Å². The maximum atomic E-state index is 14.2. The number of alkyl halides is 3. The molecule has 0 aliphatic rings. The number of nitrogens with zero attached hydrogens (tertiary/aromatic N) is 3. The number of hydrogen-bond donors (Lipinski definition) is 3. The summed E-state index contributed by atoms with van der Waals surface area (Å²) >= 11 is 0. The van der Waals surface area contributed by atoms with Crippen LogP contribution in [0.5, 0.6) is 5.75 Å². The van der Waals surface area contributed by atoms with Gasteiger partial charge in [-0.2, -0.15) is 23.4 Å². The lowest BCUT2D eigenvalue weighted by Gasteiger charge is -2.31. The summed E-state index contributed by atoms with van der Waals surface area (Å²) in [5, 5.41) is 19.8. The molecule has 0 aliphatic heterocycles. The first kappa shape index (κ1) is 26.5. The van der Waals surface area contributed by atoms with E-state index in [9.17, 15) is 32.3 Å². The lowest BCUT2D eigenvalue weighted by Crippen LogP contribution is -2.51. The second-order valence-corrected chi connectivity index (χ2v) is 7.60. The Bertz CT molecular complexity index is 1240. The number of nitrogens with one attached hydrogen (secondary N) is 1. The first-order valence-electron chi connectivity index (χ1n) is 10.5. The summed E-state index contributed by atoms with van der Waals surface area (Å²) in [6.07, 6.45) is -3.65. The number of benzene rings is 1. The Morgan fingerprint density at radius 2 is 1.83 bits per heavy atom. The van der Waals surface area contributed by atoms with Crippen molar-refractivity contribution < 1.29 is 37.0 Å². The summed E-state index contributed by atoms with van der Waals surface area (Å²) in [7, 11) is 0. The third-order valence-corrected chi connectivity index (χ3v) is 5.06. The summed E-state index contributed by atoms with van der Waals surface area (Å²) < 4.78 is 61.8. The van der Waals surface area contributed by atoms with Crippen LogP contribution in [0, 0.1) is 5.82 Å². The molecule has 0 aliphatic carbocycles. The van der Waals surface area contributed by atoms with Gasteiger partial charge in [0.05, 0.1) is 43.2 Å². The zero-order chi connectivity index (χ0) is 26.5. The van der Waals surface area contributed by atoms with E-state index in [1.54, 1.807) is 6.92 Å². The number of aromatic nitrogens is 3. The Morgan fingerprint density at radius 1 is 1.14 bits per heavy atom. The lowest BCUT2D eigenvalue weighted by atomic mass is 9.93. The van der Waals surface area contributed by atoms with E-state index < -0.39 is 48.1 Å². The van der Waals surface area contributed by atoms with Crippen LogP contribution >= 0.6 is 0 Å². The highest BCUT2D eigenvalue weighted by molar-refractivity contribution is 5.93. The van der Waals surface area contributed by atoms with Gasteiger partial charge in [0.25, 0.3) is 5.91 Å². The number of rotatable bonds is 9. The minimum atomic E-state index is -5.32. The molecule has 0 unspecified atom stereocenters. The Morgan fingerprint density at radius 3 is 2.39 bits per heavy atom. The molecule has 190 valence electrons. The second kappa shape index (κ2) is 10.6. The first-order chi connectivity index (χ1) is 17.0. The monoisotopic (exact) mass is 507 g/mol. The van der Waals surface area contributed by atoms with Gasteiger partial charge in [0.2, 0.25) is 11.5 Å². The zero-order valence-electron chi connectivity index (χ0n) is 18.8. The van der Waals surface area contributed by atoms with Gasteiger partial charge in [-0.3, -0.25) is 9.59 Å². The molecule has 0 spiro atoms. The Hall–Kier alpha value is -4.13. The molecule has 3 aromatic rings. The molecular formula is C23H21F4N5O4. The van der Waals surface area contributed by atoms with Crippen LogP contribution in [-0.4, -0.2) is 51.4 Å². The molecule has 9 nitrogen and oxygen atoms in total. The van der Waals surface area contributed by atoms with E-state index in [0.717, 1.165) is 24.4 Å². The van der Waals surface area contributed by atoms with E-state index >= 15 is 0 Å². The van der Waals surface area contributed by atoms with E-state index in [1.165, 1.54) is 24.4 Å². The average molecular weight is 507 g/mol. The molecule has 2 aromatic heterocycles. The Balaban J connectivity index is 2.16. The van der Waals surface area contributed by atoms with Gasteiger partial charge in [-0.15, -0.1) is 0 Å². The number of hydrogen-bond acceptors (Lipinski definition) is 7. The lowest BCUT2D eigenvalue weighted by molar-refractivity contribution is -0.265. The maximum Gasteiger partial charge on any atom is 0.424 e. The predicted octanol–water partition coefficient (Wildman–Crippen LogP) is 2.28. The van der Waals surface area contributed by atoms with E-state index in [2.05, 4.69) is 15.2 Å². The molecule has 2 heterocycles. The average Bonchev–Trinajstić information content (AvgIpc) is 2.83. The molecule has 13 heteroatoms. The fraction of sp³-hybridized carbons (Fsp3) is 0.261. The molecule has 0 fully saturated rings. The number of carbonyl (C=O) groups excluding carboxylic acids is 2. The van der Waals surface area contributed by atoms with Gasteiger partial charge >= 0.3 is 6.18 Å². The second-order valence-electron chi connectivity index (χ2n) is 7.60. The van der Waals surface area contributed by atoms with Gasteiger partial charge in [0, 0.05) is 11.1 Å². The predicted molar refractivity (Wildman–Crippen MR) is 118 cm³/mol. The molecular weight excluding hydrogens is 486 g/mol. The van der Waals surface area contributed by atoms with Crippen molar-refractivity contribution in [3.8, 4) is 17.0 Å². The normalized spacial score (nSPS) is 13.1. The van der Waals surface area contributed by atoms with Crippen molar-refractivity contribution >= 4 is 11.8 Å². The Kier molecular flexibility index (Phi) is 7.83. The van der Waals surface area contributed by atoms with Crippen molar-refractivity contribution in [2.75, 3.05) is 13.2 Å². The molecule has 0 saturated carbocycles. The maximum absolute atomic E-state index is 14.2. The highest BCUT2D eigenvalue weighted by atomic mass is 19.4. The number of nitrogens with two attached hydrogens (primary N) is 1. The molecule has 4 N–H and O–H groups in total. The molecule has 0 radical (unpaired) electrons. The van der Waals surface area contributed by atoms with Crippen molar-refractivity contribution in [1.29, 1.82) is 0 Å². The number of ether oxygens (including phenoxy) is 1. The summed E-state index contributed by atoms with van der Waals surface area (Å²) in [6.45, 7) is 0.337. The summed E-state index contributed by atoms with van der Waals surface area (Å²) in [6, 6.07) is 6.70. The van der Waals surface area contributed by atoms with Crippen molar-refractivity contribution in [1.82, 2.24) is 20.5 Å². The fourth-order valence-electron chi connectivity index (χ4n) is 3.30. The van der Waals surface area contributed by atoms with Crippen LogP contribution in [-0.2, 0) is 16.8 Å². The van der Waals surface area contributed by atoms with Gasteiger partial charge in [-0.05, 0) is 43.3 Å². The van der Waals surface area contributed by atoms with Gasteiger partial charge in [0.15, 0.2) is 0 Å². The van der Waals surface area contributed by atoms with Crippen molar-refractivity contribution in [2.24, 2.45) is 5.73 Å². The van der Waals surface area contributed by atoms with Gasteiger partial charge in [-0.25, -0.2) is 9.37 Å². The van der Waals surface area contributed by atoms with E-state index in [1.807, 2.05) is 5.32 Å². The molecule has 0 bridgehead atoms. The quantitative estimate of drug-likeness (QED) is 0.378. The number of pyridine rings is 1. The molecule has 1 atom stereocenters. The summed E-state index contributed by atoms with van der Waals surface area (Å²) in [5.41, 5.74) is 0.479. The van der Waals surface area contributed by atoms with Crippen LogP contribution in [0.2, 0.25) is 0 Å². The highest BCUT2D eigenvalue weighted by Gasteiger charge is 2.56. The number of carbonyl (C=O) groups is 2. The molecule has 1 aromatic carbocycles. The van der Waals surface area contributed by atoms with Crippen LogP contribution in [0.25, 0.3) is 11.3 Å². The molecule has 3 rings (SSSR count). The van der Waals surface area contributed by atoms with Gasteiger partial charge in [-0.1, -0.05) is 0 Å². The number of aliphatic hydroxyl groups is 1. The third kappa shape index (κ3) is 5.74. The number of amides is 2. The number of halogens is 4. The highest BCUT2D eigenvalue weighted by Crippen LogP contribution is 2.42. The van der Waals surface area contributed by atoms with Gasteiger partial charge < -0.3 is 20.9 Å². The van der Waals surface area contributed by atoms with E-state index in [4.69, 9.17) is 10.5 Å². The van der Waals surface area contributed by atoms with Crippen LogP contribution in [0.1, 0.15) is 28.5 Å². The fourth-order valence-corrected chi connectivity index (χ4v) is 3.30. The van der Waals surface area contributed by atoms with Crippen LogP contribution in [0.4, 0.5) is 17.6 Å². The molecule has 36 heavy (non-hydrogen) atoms. The summed E-state index contributed by atoms with van der Waals surface area (Å²) in [4.78, 5) is 28.0. The Labute approximate surface area is 202 Å². The van der Waals surface area contributed by atoms with Crippen LogP contribution in [0.3, 0.4) is 0 Å². The first-order valence-corrected chi connectivity index (χ1v) is 10.5. The smallest absolute Gasteiger partial charge is 0.424 e. The SMILES string of the molecule is CCOc1c(CC(N)=O)cc([C@@](O)(CNC(=O)c2ccnnc2)C(F)(F)F)nc1-c1ccc(F)cc1. The third-order valence-electron chi connectivity index (χ3n) is 5.06. The van der Waals surface area contributed by atoms with Crippen LogP contribution in [0.15, 0.2) is 48.8 Å². The standard InChI is InChI=1S/C23H21F4N5O4/c1-2-36-20-15(10-18(28)33)9-17(32-19(20)13-3-5-16(24)6-4-13)22(35,23(25,26)27)12-29-21(34)14-7-8-30-31-11-14/h3-9,11,35H,2,10,12H2,1H3,(H2,28,33)(H,29,34)/t22-/m0/s1. The van der Waals surface area contributed by atoms with E-state index in [-0.39, 0.29) is 34.7 Å². The van der Waals surface area contributed by atoms with Crippen molar-refractivity contribution in [2.45, 2.75) is 25.1 Å². The minimum absolute atomic E-state index is 0.0527. The van der Waals surface area contributed by atoms with Crippen LogP contribution < -0.4 is 15.8 Å². The largest absolute Gasteiger partial charge is 0.491 e. The zero-order valence-corrected chi connectivity index (χ0v) is 18.8. The molecule has 0 saturated heterocycles. The topological polar surface area (TPSA) is 140 Å². The number of primary amides is 1. The van der Waals surface area contributed by atoms with Crippen molar-refractivity contribution in [3.05, 3.63) is 71.4 Å².